The Morgan fingerprint density at radius 1 is 1.37 bits per heavy atom. The number of carbonyl (C=O) groups is 1. The average molecular weight is 279 g/mol. The van der Waals surface area contributed by atoms with Gasteiger partial charge in [0.15, 0.2) is 0 Å². The molecular formula is C12H11N2O4S+. The van der Waals surface area contributed by atoms with Crippen LogP contribution in [0.4, 0.5) is 0 Å². The summed E-state index contributed by atoms with van der Waals surface area (Å²) in [5.74, 6) is -0.182. The summed E-state index contributed by atoms with van der Waals surface area (Å²) in [6, 6.07) is 7.74. The third-order valence-corrected chi connectivity index (χ3v) is 2.90. The van der Waals surface area contributed by atoms with E-state index in [1.807, 2.05) is 0 Å². The van der Waals surface area contributed by atoms with Gasteiger partial charge in [0.25, 0.3) is 5.17 Å². The predicted octanol–water partition coefficient (Wildman–Crippen LogP) is -0.495. The molecule has 1 heterocycles. The summed E-state index contributed by atoms with van der Waals surface area (Å²) in [5, 5.41) is 6.07. The third-order valence-electron chi connectivity index (χ3n) is 2.18. The van der Waals surface area contributed by atoms with E-state index in [9.17, 15) is 9.59 Å². The smallest absolute Gasteiger partial charge is 0.336 e. The van der Waals surface area contributed by atoms with Gasteiger partial charge in [-0.05, 0) is 30.0 Å². The van der Waals surface area contributed by atoms with Crippen LogP contribution < -0.4 is 21.5 Å². The molecule has 2 aromatic rings. The Morgan fingerprint density at radius 2 is 2.11 bits per heavy atom. The van der Waals surface area contributed by atoms with Crippen LogP contribution in [-0.4, -0.2) is 16.9 Å². The van der Waals surface area contributed by atoms with E-state index in [0.717, 1.165) is 17.1 Å². The van der Waals surface area contributed by atoms with Crippen molar-refractivity contribution in [3.05, 3.63) is 40.8 Å². The minimum atomic E-state index is -0.490. The van der Waals surface area contributed by atoms with Crippen LogP contribution in [0, 0.1) is 0 Å². The van der Waals surface area contributed by atoms with Crippen molar-refractivity contribution in [2.45, 2.75) is 0 Å². The van der Waals surface area contributed by atoms with Crippen LogP contribution >= 0.6 is 11.8 Å². The molecule has 4 N–H and O–H groups in total. The third kappa shape index (κ3) is 3.59. The lowest BCUT2D eigenvalue weighted by molar-refractivity contribution is -0.131. The van der Waals surface area contributed by atoms with Gasteiger partial charge in [-0.25, -0.2) is 4.79 Å². The maximum Gasteiger partial charge on any atom is 0.336 e. The van der Waals surface area contributed by atoms with Crippen molar-refractivity contribution in [1.82, 2.24) is 0 Å². The average Bonchev–Trinajstić information content (AvgIpc) is 2.36. The number of benzene rings is 1. The zero-order valence-electron chi connectivity index (χ0n) is 9.79. The van der Waals surface area contributed by atoms with Crippen LogP contribution in [0.2, 0.25) is 0 Å². The van der Waals surface area contributed by atoms with Gasteiger partial charge in [-0.1, -0.05) is 0 Å². The Kier molecular flexibility index (Phi) is 3.86. The van der Waals surface area contributed by atoms with E-state index < -0.39 is 11.6 Å². The molecule has 0 saturated heterocycles. The van der Waals surface area contributed by atoms with E-state index >= 15 is 0 Å². The van der Waals surface area contributed by atoms with Crippen molar-refractivity contribution in [1.29, 1.82) is 0 Å². The zero-order valence-corrected chi connectivity index (χ0v) is 10.6. The topological polar surface area (TPSA) is 108 Å². The molecule has 19 heavy (non-hydrogen) atoms. The number of carbonyl (C=O) groups excluding carboxylic acids is 1. The number of hydrogen-bond donors (Lipinski definition) is 2. The van der Waals surface area contributed by atoms with Crippen molar-refractivity contribution >= 4 is 33.9 Å². The molecule has 0 spiro atoms. The van der Waals surface area contributed by atoms with E-state index in [4.69, 9.17) is 20.3 Å². The molecule has 7 heteroatoms. The van der Waals surface area contributed by atoms with E-state index in [2.05, 4.69) is 0 Å². The van der Waals surface area contributed by atoms with Crippen molar-refractivity contribution < 1.29 is 19.4 Å². The number of fused-ring (bicyclic) bond motifs is 1. The van der Waals surface area contributed by atoms with Crippen LogP contribution in [0.1, 0.15) is 0 Å². The monoisotopic (exact) mass is 279 g/mol. The van der Waals surface area contributed by atoms with Gasteiger partial charge in [0.1, 0.15) is 17.1 Å². The first-order valence-corrected chi connectivity index (χ1v) is 6.28. The van der Waals surface area contributed by atoms with Gasteiger partial charge in [0.05, 0.1) is 0 Å². The Bertz CT molecular complexity index is 695. The van der Waals surface area contributed by atoms with Crippen molar-refractivity contribution in [3.63, 3.8) is 0 Å². The maximum atomic E-state index is 11.5. The molecule has 0 unspecified atom stereocenters. The minimum Gasteiger partial charge on any atom is -0.426 e. The number of nitrogens with two attached hydrogens (primary N) is 2. The SMILES string of the molecule is NC(=[NH2+])SCC(=O)Oc1ccc2ccc(=O)oc2c1. The normalized spacial score (nSPS) is 10.3. The number of thioether (sulfide) groups is 1. The van der Waals surface area contributed by atoms with Crippen LogP contribution in [0.15, 0.2) is 39.5 Å². The number of esters is 1. The summed E-state index contributed by atoms with van der Waals surface area (Å²) in [6.45, 7) is 0. The highest BCUT2D eigenvalue weighted by Gasteiger charge is 2.09. The van der Waals surface area contributed by atoms with Gasteiger partial charge in [0.2, 0.25) is 0 Å². The molecule has 2 rings (SSSR count). The molecule has 98 valence electrons. The molecule has 1 aromatic carbocycles. The number of ether oxygens (including phenoxy) is 1. The molecule has 0 aliphatic carbocycles. The van der Waals surface area contributed by atoms with E-state index in [1.165, 1.54) is 12.1 Å². The summed E-state index contributed by atoms with van der Waals surface area (Å²) >= 11 is 0.989. The number of rotatable bonds is 3. The fourth-order valence-corrected chi connectivity index (χ4v) is 1.75. The summed E-state index contributed by atoms with van der Waals surface area (Å²) in [4.78, 5) is 22.5. The standard InChI is InChI=1S/C12H10N2O4S/c13-12(14)19-6-11(16)17-8-3-1-7-2-4-10(15)18-9(7)5-8/h1-5H,6H2,(H3,13,14)/p+1. The zero-order chi connectivity index (χ0) is 13.8. The number of hydrogen-bond acceptors (Lipinski definition) is 5. The first kappa shape index (κ1) is 13.2. The van der Waals surface area contributed by atoms with Crippen molar-refractivity contribution in [2.24, 2.45) is 5.73 Å². The van der Waals surface area contributed by atoms with Gasteiger partial charge < -0.3 is 9.15 Å². The lowest BCUT2D eigenvalue weighted by Crippen LogP contribution is -2.43. The van der Waals surface area contributed by atoms with Crippen LogP contribution in [-0.2, 0) is 4.79 Å². The first-order chi connectivity index (χ1) is 9.04. The van der Waals surface area contributed by atoms with Crippen molar-refractivity contribution in [2.75, 3.05) is 5.75 Å². The molecule has 0 bridgehead atoms. The predicted molar refractivity (Wildman–Crippen MR) is 71.7 cm³/mol. The van der Waals surface area contributed by atoms with E-state index in [1.54, 1.807) is 18.2 Å². The lowest BCUT2D eigenvalue weighted by Gasteiger charge is -2.03. The van der Waals surface area contributed by atoms with Gasteiger partial charge >= 0.3 is 11.6 Å². The highest BCUT2D eigenvalue weighted by molar-refractivity contribution is 8.14. The van der Waals surface area contributed by atoms with Gasteiger partial charge in [-0.3, -0.25) is 15.9 Å². The van der Waals surface area contributed by atoms with E-state index in [-0.39, 0.29) is 10.9 Å². The molecular weight excluding hydrogens is 268 g/mol. The molecule has 6 nitrogen and oxygen atoms in total. The highest BCUT2D eigenvalue weighted by atomic mass is 32.2. The largest absolute Gasteiger partial charge is 0.426 e. The van der Waals surface area contributed by atoms with Gasteiger partial charge in [-0.2, -0.15) is 0 Å². The molecule has 0 fully saturated rings. The van der Waals surface area contributed by atoms with Gasteiger partial charge in [-0.15, -0.1) is 0 Å². The summed E-state index contributed by atoms with van der Waals surface area (Å²) in [5.41, 5.74) is 5.12. The molecule has 0 saturated carbocycles. The van der Waals surface area contributed by atoms with Crippen LogP contribution in [0.3, 0.4) is 0 Å². The second-order valence-corrected chi connectivity index (χ2v) is 4.67. The Balaban J connectivity index is 2.15. The second kappa shape index (κ2) is 5.57. The summed E-state index contributed by atoms with van der Waals surface area (Å²) in [7, 11) is 0. The molecule has 0 aliphatic rings. The molecule has 0 atom stereocenters. The van der Waals surface area contributed by atoms with Crippen molar-refractivity contribution in [3.8, 4) is 5.75 Å². The summed E-state index contributed by atoms with van der Waals surface area (Å²) < 4.78 is 10.1. The fraction of sp³-hybridized carbons (Fsp3) is 0.0833. The molecule has 0 radical (unpaired) electrons. The fourth-order valence-electron chi connectivity index (χ4n) is 1.41. The Hall–Kier alpha value is -2.28. The Labute approximate surface area is 112 Å². The minimum absolute atomic E-state index is 0.0130. The van der Waals surface area contributed by atoms with Gasteiger partial charge in [0, 0.05) is 17.5 Å². The molecule has 0 aliphatic heterocycles. The highest BCUT2D eigenvalue weighted by Crippen LogP contribution is 2.19. The second-order valence-electron chi connectivity index (χ2n) is 3.62. The lowest BCUT2D eigenvalue weighted by atomic mass is 10.2. The molecule has 0 amide bonds. The molecule has 1 aromatic heterocycles. The van der Waals surface area contributed by atoms with Crippen LogP contribution in [0.25, 0.3) is 11.0 Å². The Morgan fingerprint density at radius 3 is 2.84 bits per heavy atom. The maximum absolute atomic E-state index is 11.5. The quantitative estimate of drug-likeness (QED) is 0.258. The number of amidine groups is 1. The first-order valence-electron chi connectivity index (χ1n) is 5.30. The van der Waals surface area contributed by atoms with Crippen LogP contribution in [0.5, 0.6) is 5.75 Å². The summed E-state index contributed by atoms with van der Waals surface area (Å²) in [6.07, 6.45) is 0. The van der Waals surface area contributed by atoms with E-state index in [0.29, 0.717) is 11.3 Å².